The zero-order valence-electron chi connectivity index (χ0n) is 20.8. The quantitative estimate of drug-likeness (QED) is 0.376. The van der Waals surface area contributed by atoms with Gasteiger partial charge in [0.1, 0.15) is 24.3 Å². The molecule has 1 saturated heterocycles. The minimum atomic E-state index is -0.766. The number of amides is 1. The number of aldehydes is 1. The number of hydrogen-bond acceptors (Lipinski definition) is 7. The Bertz CT molecular complexity index is 1320. The van der Waals surface area contributed by atoms with Crippen molar-refractivity contribution >= 4 is 23.2 Å². The summed E-state index contributed by atoms with van der Waals surface area (Å²) < 4.78 is 1.95. The number of carbonyl (C=O) groups excluding carboxylic acids is 2. The van der Waals surface area contributed by atoms with Gasteiger partial charge < -0.3 is 14.7 Å². The summed E-state index contributed by atoms with van der Waals surface area (Å²) in [6.45, 7) is 1.24. The molecule has 10 nitrogen and oxygen atoms in total. The Balaban J connectivity index is 1.17. The van der Waals surface area contributed by atoms with E-state index in [0.717, 1.165) is 67.1 Å². The first-order valence-corrected chi connectivity index (χ1v) is 13.3. The highest BCUT2D eigenvalue weighted by Gasteiger charge is 2.52. The minimum Gasteiger partial charge on any atom is -0.346 e. The maximum Gasteiger partial charge on any atom is 0.247 e. The van der Waals surface area contributed by atoms with E-state index in [-0.39, 0.29) is 23.8 Å². The van der Waals surface area contributed by atoms with Crippen molar-refractivity contribution in [2.75, 3.05) is 13.1 Å². The molecule has 4 heterocycles. The van der Waals surface area contributed by atoms with Gasteiger partial charge in [-0.25, -0.2) is 9.97 Å². The summed E-state index contributed by atoms with van der Waals surface area (Å²) in [6.07, 6.45) is 15.4. The van der Waals surface area contributed by atoms with Crippen LogP contribution in [0.2, 0.25) is 0 Å². The molecular weight excluding hydrogens is 468 g/mol. The van der Waals surface area contributed by atoms with Crippen molar-refractivity contribution in [2.45, 2.75) is 69.0 Å². The molecule has 3 aromatic rings. The number of nitriles is 1. The number of rotatable bonds is 7. The van der Waals surface area contributed by atoms with Crippen LogP contribution < -0.4 is 5.32 Å². The van der Waals surface area contributed by atoms with Crippen LogP contribution in [0.4, 0.5) is 0 Å². The molecule has 10 heteroatoms. The lowest BCUT2D eigenvalue weighted by atomic mass is 9.92. The van der Waals surface area contributed by atoms with Gasteiger partial charge in [0.05, 0.1) is 29.9 Å². The number of aromatic amines is 1. The first-order chi connectivity index (χ1) is 18.1. The van der Waals surface area contributed by atoms with Crippen molar-refractivity contribution in [3.05, 3.63) is 31.0 Å². The van der Waals surface area contributed by atoms with E-state index in [2.05, 4.69) is 26.3 Å². The minimum absolute atomic E-state index is 0.110. The average molecular weight is 501 g/mol. The molecule has 2 N–H and O–H groups in total. The molecule has 192 valence electrons. The van der Waals surface area contributed by atoms with E-state index in [0.29, 0.717) is 19.5 Å². The summed E-state index contributed by atoms with van der Waals surface area (Å²) in [6, 6.07) is 3.82. The average Bonchev–Trinajstić information content (AvgIpc) is 3.70. The summed E-state index contributed by atoms with van der Waals surface area (Å²) in [7, 11) is 0. The van der Waals surface area contributed by atoms with Gasteiger partial charge in [0.25, 0.3) is 0 Å². The fourth-order valence-electron chi connectivity index (χ4n) is 6.90. The molecule has 1 aliphatic heterocycles. The fourth-order valence-corrected chi connectivity index (χ4v) is 6.90. The Kier molecular flexibility index (Phi) is 6.24. The molecule has 3 aliphatic rings. The van der Waals surface area contributed by atoms with E-state index in [1.165, 1.54) is 12.7 Å². The Morgan fingerprint density at radius 1 is 1.24 bits per heavy atom. The van der Waals surface area contributed by atoms with E-state index in [1.54, 1.807) is 0 Å². The monoisotopic (exact) mass is 500 g/mol. The molecule has 6 rings (SSSR count). The van der Waals surface area contributed by atoms with E-state index in [1.807, 2.05) is 34.2 Å². The molecule has 1 unspecified atom stereocenters. The van der Waals surface area contributed by atoms with Gasteiger partial charge in [-0.2, -0.15) is 10.4 Å². The van der Waals surface area contributed by atoms with E-state index < -0.39 is 11.6 Å². The lowest BCUT2D eigenvalue weighted by molar-refractivity contribution is -0.135. The van der Waals surface area contributed by atoms with E-state index in [9.17, 15) is 14.9 Å². The zero-order chi connectivity index (χ0) is 25.4. The molecule has 0 spiro atoms. The van der Waals surface area contributed by atoms with Crippen LogP contribution in [0.25, 0.3) is 22.3 Å². The lowest BCUT2D eigenvalue weighted by Crippen LogP contribution is -2.51. The zero-order valence-corrected chi connectivity index (χ0v) is 20.8. The number of H-pyrrole nitrogens is 1. The molecule has 0 radical (unpaired) electrons. The highest BCUT2D eigenvalue weighted by atomic mass is 16.2. The summed E-state index contributed by atoms with van der Waals surface area (Å²) in [4.78, 5) is 38.8. The molecule has 2 aliphatic carbocycles. The number of nitrogens with one attached hydrogen (secondary N) is 2. The van der Waals surface area contributed by atoms with Gasteiger partial charge in [0.15, 0.2) is 0 Å². The topological polar surface area (TPSA) is 133 Å². The molecule has 3 fully saturated rings. The van der Waals surface area contributed by atoms with E-state index in [4.69, 9.17) is 5.10 Å². The normalized spacial score (nSPS) is 26.7. The Labute approximate surface area is 215 Å². The number of nitrogens with zero attached hydrogens (tertiary/aromatic N) is 6. The Hall–Kier alpha value is -3.58. The Morgan fingerprint density at radius 3 is 2.76 bits per heavy atom. The van der Waals surface area contributed by atoms with Crippen molar-refractivity contribution < 1.29 is 9.59 Å². The summed E-state index contributed by atoms with van der Waals surface area (Å²) in [5.74, 6) is 0.450. The fraction of sp³-hybridized carbons (Fsp3) is 0.556. The van der Waals surface area contributed by atoms with Gasteiger partial charge in [-0.05, 0) is 43.6 Å². The van der Waals surface area contributed by atoms with Crippen LogP contribution in [0.1, 0.15) is 51.4 Å². The highest BCUT2D eigenvalue weighted by molar-refractivity contribution is 5.96. The van der Waals surface area contributed by atoms with Crippen LogP contribution in [0.3, 0.4) is 0 Å². The Morgan fingerprint density at radius 2 is 2.03 bits per heavy atom. The van der Waals surface area contributed by atoms with Crippen molar-refractivity contribution in [3.63, 3.8) is 0 Å². The van der Waals surface area contributed by atoms with Gasteiger partial charge in [-0.1, -0.05) is 19.3 Å². The number of fused-ring (bicyclic) bond motifs is 2. The standard InChI is InChI=1S/C27H32N8O2/c28-8-7-27(35-15-20(12-32-35)24-22-6-9-29-25(22)31-17-30-24)10-18-13-34(14-19(18)11-27)26(37)23(16-36)33-21-4-2-1-3-5-21/h6,9,12,15-19,21,23,33H,1-5,7,10-11,13-14H2,(H,29,30,31)/t18-,19+,23?,27-. The first kappa shape index (κ1) is 23.8. The molecule has 2 saturated carbocycles. The second kappa shape index (κ2) is 9.71. The van der Waals surface area contributed by atoms with Gasteiger partial charge in [0, 0.05) is 42.5 Å². The maximum atomic E-state index is 13.2. The van der Waals surface area contributed by atoms with Crippen molar-refractivity contribution in [3.8, 4) is 17.3 Å². The van der Waals surface area contributed by atoms with Crippen molar-refractivity contribution in [1.29, 1.82) is 5.26 Å². The van der Waals surface area contributed by atoms with Crippen LogP contribution >= 0.6 is 0 Å². The van der Waals surface area contributed by atoms with Crippen LogP contribution in [0, 0.1) is 23.2 Å². The van der Waals surface area contributed by atoms with Crippen molar-refractivity contribution in [1.82, 2.24) is 34.9 Å². The molecule has 4 atom stereocenters. The third-order valence-electron chi connectivity index (χ3n) is 8.70. The van der Waals surface area contributed by atoms with Gasteiger partial charge in [-0.3, -0.25) is 14.8 Å². The number of likely N-dealkylation sites (tertiary alicyclic amines) is 1. The molecule has 0 bridgehead atoms. The lowest BCUT2D eigenvalue weighted by Gasteiger charge is -2.31. The number of aromatic nitrogens is 5. The van der Waals surface area contributed by atoms with Crippen LogP contribution in [-0.4, -0.2) is 67.0 Å². The van der Waals surface area contributed by atoms with E-state index >= 15 is 0 Å². The number of hydrogen-bond donors (Lipinski definition) is 2. The van der Waals surface area contributed by atoms with Gasteiger partial charge in [-0.15, -0.1) is 0 Å². The van der Waals surface area contributed by atoms with Crippen LogP contribution in [-0.2, 0) is 15.1 Å². The first-order valence-electron chi connectivity index (χ1n) is 13.3. The van der Waals surface area contributed by atoms with Gasteiger partial charge in [0.2, 0.25) is 5.91 Å². The van der Waals surface area contributed by atoms with Gasteiger partial charge >= 0.3 is 0 Å². The SMILES string of the molecule is N#CC[C@]1(n2cc(-c3ncnc4[nH]ccc34)cn2)C[C@H]2CN(C(=O)C(C=O)NC3CCCCC3)C[C@H]2C1. The second-order valence-electron chi connectivity index (χ2n) is 11.0. The predicted octanol–water partition coefficient (Wildman–Crippen LogP) is 2.79. The molecular formula is C27H32N8O2. The summed E-state index contributed by atoms with van der Waals surface area (Å²) in [5.41, 5.74) is 2.06. The maximum absolute atomic E-state index is 13.2. The third-order valence-corrected chi connectivity index (χ3v) is 8.70. The van der Waals surface area contributed by atoms with Crippen molar-refractivity contribution in [2.24, 2.45) is 11.8 Å². The van der Waals surface area contributed by atoms with Crippen LogP contribution in [0.15, 0.2) is 31.0 Å². The largest absolute Gasteiger partial charge is 0.346 e. The third kappa shape index (κ3) is 4.31. The molecule has 0 aromatic carbocycles. The highest BCUT2D eigenvalue weighted by Crippen LogP contribution is 2.49. The molecule has 37 heavy (non-hydrogen) atoms. The predicted molar refractivity (Wildman–Crippen MR) is 136 cm³/mol. The molecule has 3 aromatic heterocycles. The number of carbonyl (C=O) groups is 2. The summed E-state index contributed by atoms with van der Waals surface area (Å²) in [5, 5.41) is 18.7. The second-order valence-corrected chi connectivity index (χ2v) is 11.0. The molecule has 1 amide bonds. The summed E-state index contributed by atoms with van der Waals surface area (Å²) >= 11 is 0. The van der Waals surface area contributed by atoms with Crippen LogP contribution in [0.5, 0.6) is 0 Å². The smallest absolute Gasteiger partial charge is 0.247 e.